The van der Waals surface area contributed by atoms with Gasteiger partial charge in [-0.25, -0.2) is 0 Å². The number of phosphoric ester groups is 1. The van der Waals surface area contributed by atoms with Crippen LogP contribution in [-0.2, 0) is 27.9 Å². The van der Waals surface area contributed by atoms with Crippen molar-refractivity contribution in [1.29, 1.82) is 0 Å². The minimum Gasteiger partial charge on any atom is -0.756 e. The lowest BCUT2D eigenvalue weighted by atomic mass is 10.0. The number of unbranched alkanes of at least 4 members (excludes halogenated alkanes) is 29. The third-order valence-corrected chi connectivity index (χ3v) is 15.7. The SMILES string of the molecule is CC/C=C\C/C=C\C/C=C\C/C=C\C/C=C\CCCCCCCCCCCC(=O)NC(COP(=O)([O-])OCC[N+](C)(C)C)C(/C=C\CCCCCCCCCCC)OC(=O)CCCCCCCCCC/C=C\C/C=C\C/C=C\CCCCC. The van der Waals surface area contributed by atoms with Crippen molar-refractivity contribution in [2.75, 3.05) is 40.9 Å². The highest BCUT2D eigenvalue weighted by Crippen LogP contribution is 2.38. The van der Waals surface area contributed by atoms with Crippen molar-refractivity contribution < 1.29 is 37.3 Å². The van der Waals surface area contributed by atoms with Gasteiger partial charge in [0, 0.05) is 12.8 Å². The highest BCUT2D eigenvalue weighted by Gasteiger charge is 2.27. The number of amides is 1. The molecule has 0 aliphatic rings. The molecule has 0 saturated carbocycles. The Morgan fingerprint density at radius 1 is 0.434 bits per heavy atom. The van der Waals surface area contributed by atoms with E-state index in [9.17, 15) is 19.0 Å². The van der Waals surface area contributed by atoms with Crippen LogP contribution in [0.15, 0.2) is 109 Å². The Balaban J connectivity index is 5.11. The van der Waals surface area contributed by atoms with Crippen molar-refractivity contribution >= 4 is 19.7 Å². The molecule has 0 bridgehead atoms. The Bertz CT molecular complexity index is 1790. The molecule has 0 radical (unpaired) electrons. The summed E-state index contributed by atoms with van der Waals surface area (Å²) in [5.74, 6) is -0.558. The molecular weight excluding hydrogens is 1050 g/mol. The zero-order chi connectivity index (χ0) is 60.7. The van der Waals surface area contributed by atoms with Crippen LogP contribution in [0, 0.1) is 0 Å². The topological polar surface area (TPSA) is 114 Å². The number of likely N-dealkylation sites (N-methyl/N-ethyl adjacent to an activating group) is 1. The second-order valence-electron chi connectivity index (χ2n) is 23.9. The van der Waals surface area contributed by atoms with Gasteiger partial charge >= 0.3 is 5.97 Å². The van der Waals surface area contributed by atoms with Crippen molar-refractivity contribution in [3.8, 4) is 0 Å². The van der Waals surface area contributed by atoms with E-state index in [2.05, 4.69) is 123 Å². The van der Waals surface area contributed by atoms with E-state index in [0.29, 0.717) is 17.4 Å². The monoisotopic (exact) mass is 1180 g/mol. The number of phosphoric acid groups is 1. The molecule has 1 amide bonds. The first-order chi connectivity index (χ1) is 40.4. The average molecular weight is 1180 g/mol. The summed E-state index contributed by atoms with van der Waals surface area (Å²) in [5, 5.41) is 3.03. The average Bonchev–Trinajstić information content (AvgIpc) is 3.51. The fourth-order valence-electron chi connectivity index (χ4n) is 9.44. The quantitative estimate of drug-likeness (QED) is 0.0212. The van der Waals surface area contributed by atoms with Crippen molar-refractivity contribution in [3.05, 3.63) is 109 Å². The third-order valence-electron chi connectivity index (χ3n) is 14.7. The van der Waals surface area contributed by atoms with Crippen molar-refractivity contribution in [2.45, 2.75) is 303 Å². The highest BCUT2D eigenvalue weighted by atomic mass is 31.2. The molecule has 0 aromatic heterocycles. The Kier molecular flexibility index (Phi) is 59.3. The van der Waals surface area contributed by atoms with Gasteiger partial charge in [-0.3, -0.25) is 14.2 Å². The lowest BCUT2D eigenvalue weighted by Gasteiger charge is -2.30. The largest absolute Gasteiger partial charge is 0.756 e. The molecule has 3 unspecified atom stereocenters. The van der Waals surface area contributed by atoms with Gasteiger partial charge in [-0.1, -0.05) is 272 Å². The van der Waals surface area contributed by atoms with Crippen LogP contribution in [0.2, 0.25) is 0 Å². The summed E-state index contributed by atoms with van der Waals surface area (Å²) >= 11 is 0. The number of nitrogens with zero attached hydrogens (tertiary/aromatic N) is 1. The van der Waals surface area contributed by atoms with Crippen LogP contribution in [0.3, 0.4) is 0 Å². The molecule has 0 aliphatic heterocycles. The molecule has 0 fully saturated rings. The first kappa shape index (κ1) is 79.7. The van der Waals surface area contributed by atoms with E-state index in [-0.39, 0.29) is 24.9 Å². The van der Waals surface area contributed by atoms with Gasteiger partial charge < -0.3 is 28.5 Å². The van der Waals surface area contributed by atoms with Crippen LogP contribution in [0.5, 0.6) is 0 Å². The van der Waals surface area contributed by atoms with Gasteiger partial charge in [-0.15, -0.1) is 0 Å². The Morgan fingerprint density at radius 3 is 1.18 bits per heavy atom. The van der Waals surface area contributed by atoms with Gasteiger partial charge in [0.05, 0.1) is 33.8 Å². The van der Waals surface area contributed by atoms with E-state index in [0.717, 1.165) is 128 Å². The van der Waals surface area contributed by atoms with Gasteiger partial charge in [-0.2, -0.15) is 0 Å². The number of allylic oxidation sites excluding steroid dienone is 17. The second kappa shape index (κ2) is 61.7. The summed E-state index contributed by atoms with van der Waals surface area (Å²) in [4.78, 5) is 40.1. The van der Waals surface area contributed by atoms with Crippen LogP contribution in [0.1, 0.15) is 290 Å². The molecule has 0 spiro atoms. The predicted molar refractivity (Wildman–Crippen MR) is 357 cm³/mol. The van der Waals surface area contributed by atoms with Crippen LogP contribution in [0.4, 0.5) is 0 Å². The maximum Gasteiger partial charge on any atom is 0.306 e. The Labute approximate surface area is 512 Å². The molecule has 9 nitrogen and oxygen atoms in total. The number of ether oxygens (including phenoxy) is 1. The summed E-state index contributed by atoms with van der Waals surface area (Å²) in [6.07, 6.45) is 84.9. The predicted octanol–water partition coefficient (Wildman–Crippen LogP) is 21.0. The van der Waals surface area contributed by atoms with Crippen molar-refractivity contribution in [1.82, 2.24) is 5.32 Å². The van der Waals surface area contributed by atoms with Crippen LogP contribution >= 0.6 is 7.82 Å². The Hall–Kier alpha value is -3.33. The second-order valence-corrected chi connectivity index (χ2v) is 25.4. The molecule has 0 heterocycles. The summed E-state index contributed by atoms with van der Waals surface area (Å²) in [7, 11) is 1.17. The molecule has 3 atom stereocenters. The van der Waals surface area contributed by atoms with Gasteiger partial charge in [0.25, 0.3) is 7.82 Å². The maximum atomic E-state index is 13.6. The van der Waals surface area contributed by atoms with Gasteiger partial charge in [0.2, 0.25) is 5.91 Å². The van der Waals surface area contributed by atoms with E-state index in [1.807, 2.05) is 33.3 Å². The zero-order valence-corrected chi connectivity index (χ0v) is 55.5. The lowest BCUT2D eigenvalue weighted by molar-refractivity contribution is -0.870. The first-order valence-corrected chi connectivity index (χ1v) is 35.7. The smallest absolute Gasteiger partial charge is 0.306 e. The number of esters is 1. The van der Waals surface area contributed by atoms with E-state index in [1.165, 1.54) is 128 Å². The van der Waals surface area contributed by atoms with Crippen molar-refractivity contribution in [2.24, 2.45) is 0 Å². The van der Waals surface area contributed by atoms with Gasteiger partial charge in [0.15, 0.2) is 0 Å². The van der Waals surface area contributed by atoms with E-state index < -0.39 is 26.6 Å². The van der Waals surface area contributed by atoms with E-state index in [4.69, 9.17) is 13.8 Å². The molecule has 0 aliphatic carbocycles. The summed E-state index contributed by atoms with van der Waals surface area (Å²) in [5.41, 5.74) is 0. The summed E-state index contributed by atoms with van der Waals surface area (Å²) < 4.78 is 30.4. The summed E-state index contributed by atoms with van der Waals surface area (Å²) in [6, 6.07) is -0.902. The number of hydrogen-bond acceptors (Lipinski definition) is 7. The number of carbonyl (C=O) groups excluding carboxylic acids is 2. The lowest BCUT2D eigenvalue weighted by Crippen LogP contribution is -2.47. The third kappa shape index (κ3) is 63.0. The molecule has 0 rings (SSSR count). The number of quaternary nitrogens is 1. The molecular formula is C73H129N2O7P. The normalized spacial score (nSPS) is 14.3. The molecule has 0 saturated heterocycles. The number of hydrogen-bond donors (Lipinski definition) is 1. The molecule has 478 valence electrons. The Morgan fingerprint density at radius 2 is 0.771 bits per heavy atom. The first-order valence-electron chi connectivity index (χ1n) is 34.2. The number of rotatable bonds is 61. The molecule has 10 heteroatoms. The van der Waals surface area contributed by atoms with Gasteiger partial charge in [0.1, 0.15) is 19.3 Å². The van der Waals surface area contributed by atoms with Gasteiger partial charge in [-0.05, 0) is 115 Å². The number of nitrogens with one attached hydrogen (secondary N) is 1. The van der Waals surface area contributed by atoms with Crippen LogP contribution < -0.4 is 10.2 Å². The van der Waals surface area contributed by atoms with E-state index >= 15 is 0 Å². The molecule has 0 aromatic rings. The fourth-order valence-corrected chi connectivity index (χ4v) is 10.2. The van der Waals surface area contributed by atoms with Crippen LogP contribution in [-0.4, -0.2) is 69.4 Å². The zero-order valence-electron chi connectivity index (χ0n) is 54.6. The maximum absolute atomic E-state index is 13.6. The minimum absolute atomic E-state index is 0.0298. The van der Waals surface area contributed by atoms with Crippen LogP contribution in [0.25, 0.3) is 0 Å². The molecule has 83 heavy (non-hydrogen) atoms. The fraction of sp³-hybridized carbons (Fsp3) is 0.726. The van der Waals surface area contributed by atoms with Crippen molar-refractivity contribution in [3.63, 3.8) is 0 Å². The highest BCUT2D eigenvalue weighted by molar-refractivity contribution is 7.45. The standard InChI is InChI=1S/C73H129N2O7P/c1-7-10-13-16-19-22-25-27-29-31-33-35-36-37-38-40-41-43-45-47-50-53-56-59-62-65-72(76)74-70(69-81-83(78,79)80-68-67-75(4,5)6)71(64-61-58-55-52-49-24-21-18-15-12-9-3)82-73(77)66-63-60-57-54-51-48-46-44-42-39-34-32-30-28-26-23-20-17-14-11-8-2/h10,13,19-20,22-23,27-30,33-35,37-39,61,64,70-71H,7-9,11-12,14-18,21,24-26,31-32,36,40-60,62-63,65-69H2,1-6H3,(H-,74,76,78,79)/b13-10-,22-19-,23-20-,29-27-,30-28-,35-33-,38-37-,39-34-,64-61-. The molecule has 0 aromatic carbocycles. The minimum atomic E-state index is -4.71. The molecule has 1 N–H and O–H groups in total. The summed E-state index contributed by atoms with van der Waals surface area (Å²) in [6.45, 7) is 6.69. The van der Waals surface area contributed by atoms with E-state index in [1.54, 1.807) is 0 Å². The number of carbonyl (C=O) groups is 2.